The van der Waals surface area contributed by atoms with Crippen LogP contribution < -0.4 is 5.32 Å². The van der Waals surface area contributed by atoms with Crippen LogP contribution >= 0.6 is 24.8 Å². The van der Waals surface area contributed by atoms with E-state index < -0.39 is 0 Å². The average molecular weight is 286 g/mol. The Morgan fingerprint density at radius 1 is 1.17 bits per heavy atom. The summed E-state index contributed by atoms with van der Waals surface area (Å²) in [6.07, 6.45) is 4.67. The van der Waals surface area contributed by atoms with Crippen LogP contribution in [0.3, 0.4) is 0 Å². The van der Waals surface area contributed by atoms with E-state index >= 15 is 0 Å². The molecule has 7 heteroatoms. The summed E-state index contributed by atoms with van der Waals surface area (Å²) < 4.78 is 1.77. The minimum absolute atomic E-state index is 0. The Balaban J connectivity index is 0.000000810. The Kier molecular flexibility index (Phi) is 4.11. The number of carbonyl (C=O) groups excluding carboxylic acids is 2. The summed E-state index contributed by atoms with van der Waals surface area (Å²) in [5.74, 6) is -0.762. The number of imide groups is 1. The number of hydrogen-bond acceptors (Lipinski definition) is 3. The third kappa shape index (κ3) is 2.10. The van der Waals surface area contributed by atoms with E-state index in [0.717, 1.165) is 5.65 Å². The van der Waals surface area contributed by atoms with E-state index in [2.05, 4.69) is 10.3 Å². The van der Waals surface area contributed by atoms with Crippen LogP contribution in [0.4, 0.5) is 0 Å². The maximum absolute atomic E-state index is 11.5. The quantitative estimate of drug-likeness (QED) is 0.802. The van der Waals surface area contributed by atoms with Gasteiger partial charge in [0.25, 0.3) is 11.8 Å². The van der Waals surface area contributed by atoms with Gasteiger partial charge in [0.15, 0.2) is 0 Å². The normalized spacial score (nSPS) is 13.7. The smallest absolute Gasteiger partial charge is 0.260 e. The second kappa shape index (κ2) is 5.20. The molecule has 0 unspecified atom stereocenters. The van der Waals surface area contributed by atoms with Crippen LogP contribution in [-0.2, 0) is 9.59 Å². The first-order chi connectivity index (χ1) is 7.75. The van der Waals surface area contributed by atoms with Gasteiger partial charge in [-0.1, -0.05) is 6.07 Å². The Morgan fingerprint density at radius 2 is 1.94 bits per heavy atom. The number of nitrogens with zero attached hydrogens (tertiary/aromatic N) is 2. The molecule has 0 saturated heterocycles. The van der Waals surface area contributed by atoms with Crippen molar-refractivity contribution in [1.82, 2.24) is 14.7 Å². The van der Waals surface area contributed by atoms with Crippen molar-refractivity contribution in [3.05, 3.63) is 42.4 Å². The third-order valence-electron chi connectivity index (χ3n) is 2.45. The number of hydrogen-bond donors (Lipinski definition) is 1. The third-order valence-corrected chi connectivity index (χ3v) is 2.45. The first-order valence-electron chi connectivity index (χ1n) is 4.75. The van der Waals surface area contributed by atoms with Gasteiger partial charge in [-0.15, -0.1) is 24.8 Å². The summed E-state index contributed by atoms with van der Waals surface area (Å²) in [7, 11) is 0. The minimum Gasteiger partial charge on any atom is -0.299 e. The van der Waals surface area contributed by atoms with Crippen LogP contribution in [0.15, 0.2) is 36.7 Å². The second-order valence-electron chi connectivity index (χ2n) is 3.45. The lowest BCUT2D eigenvalue weighted by Crippen LogP contribution is -2.22. The summed E-state index contributed by atoms with van der Waals surface area (Å²) in [4.78, 5) is 26.7. The van der Waals surface area contributed by atoms with Crippen molar-refractivity contribution in [3.63, 3.8) is 0 Å². The Morgan fingerprint density at radius 3 is 2.61 bits per heavy atom. The number of nitrogens with one attached hydrogen (secondary N) is 1. The van der Waals surface area contributed by atoms with Crippen LogP contribution in [-0.4, -0.2) is 21.2 Å². The lowest BCUT2D eigenvalue weighted by atomic mass is 10.2. The zero-order valence-corrected chi connectivity index (χ0v) is 10.6. The van der Waals surface area contributed by atoms with E-state index in [1.165, 1.54) is 6.08 Å². The van der Waals surface area contributed by atoms with Crippen molar-refractivity contribution in [2.24, 2.45) is 0 Å². The molecule has 5 nitrogen and oxygen atoms in total. The van der Waals surface area contributed by atoms with Gasteiger partial charge in [0.1, 0.15) is 5.65 Å². The van der Waals surface area contributed by atoms with Gasteiger partial charge in [0, 0.05) is 12.3 Å². The van der Waals surface area contributed by atoms with Gasteiger partial charge in [-0.3, -0.25) is 19.3 Å². The van der Waals surface area contributed by atoms with E-state index in [1.54, 1.807) is 16.8 Å². The van der Waals surface area contributed by atoms with Crippen LogP contribution in [0.25, 0.3) is 11.2 Å². The van der Waals surface area contributed by atoms with Crippen molar-refractivity contribution in [2.75, 3.05) is 0 Å². The molecule has 3 heterocycles. The van der Waals surface area contributed by atoms with Crippen molar-refractivity contribution in [3.8, 4) is 0 Å². The van der Waals surface area contributed by atoms with Crippen LogP contribution in [0.1, 0.15) is 5.69 Å². The Hall–Kier alpha value is -1.85. The molecular weight excluding hydrogens is 277 g/mol. The fraction of sp³-hybridized carbons (Fsp3) is 0. The first kappa shape index (κ1) is 14.2. The molecule has 2 aromatic rings. The lowest BCUT2D eigenvalue weighted by molar-refractivity contribution is -0.123. The summed E-state index contributed by atoms with van der Waals surface area (Å²) >= 11 is 0. The number of imidazole rings is 1. The van der Waals surface area contributed by atoms with Crippen LogP contribution in [0, 0.1) is 0 Å². The lowest BCUT2D eigenvalue weighted by Gasteiger charge is -1.99. The predicted molar refractivity (Wildman–Crippen MR) is 70.8 cm³/mol. The molecule has 1 aliphatic heterocycles. The van der Waals surface area contributed by atoms with E-state index in [0.29, 0.717) is 11.3 Å². The van der Waals surface area contributed by atoms with E-state index in [1.807, 2.05) is 18.2 Å². The molecule has 0 aromatic carbocycles. The number of carbonyl (C=O) groups is 2. The topological polar surface area (TPSA) is 63.5 Å². The molecule has 0 radical (unpaired) electrons. The standard InChI is InChI=1S/C11H7N3O2.2ClH/c15-10-5-7(11(16)13-10)8-6-12-9-3-1-2-4-14(8)9;;/h1-6H,(H,13,15,16);2*1H. The highest BCUT2D eigenvalue weighted by atomic mass is 35.5. The molecule has 2 aromatic heterocycles. The average Bonchev–Trinajstić information content (AvgIpc) is 2.81. The van der Waals surface area contributed by atoms with E-state index in [-0.39, 0.29) is 36.6 Å². The Bertz CT molecular complexity index is 649. The Labute approximate surface area is 115 Å². The summed E-state index contributed by atoms with van der Waals surface area (Å²) in [6.45, 7) is 0. The maximum atomic E-state index is 11.5. The number of aromatic nitrogens is 2. The summed E-state index contributed by atoms with van der Waals surface area (Å²) in [6, 6.07) is 5.53. The second-order valence-corrected chi connectivity index (χ2v) is 3.45. The molecule has 0 spiro atoms. The van der Waals surface area contributed by atoms with Gasteiger partial charge in [0.2, 0.25) is 0 Å². The molecule has 1 aliphatic rings. The van der Waals surface area contributed by atoms with Gasteiger partial charge >= 0.3 is 0 Å². The van der Waals surface area contributed by atoms with Crippen LogP contribution in [0.2, 0.25) is 0 Å². The predicted octanol–water partition coefficient (Wildman–Crippen LogP) is 1.22. The molecule has 2 amide bonds. The summed E-state index contributed by atoms with van der Waals surface area (Å²) in [5.41, 5.74) is 1.72. The molecule has 1 N–H and O–H groups in total. The molecule has 18 heavy (non-hydrogen) atoms. The molecule has 0 bridgehead atoms. The highest BCUT2D eigenvalue weighted by Crippen LogP contribution is 2.19. The van der Waals surface area contributed by atoms with Gasteiger partial charge in [0.05, 0.1) is 17.5 Å². The number of amides is 2. The highest BCUT2D eigenvalue weighted by molar-refractivity contribution is 6.33. The molecule has 0 saturated carbocycles. The van der Waals surface area contributed by atoms with Crippen molar-refractivity contribution in [2.45, 2.75) is 0 Å². The maximum Gasteiger partial charge on any atom is 0.260 e. The van der Waals surface area contributed by atoms with Crippen LogP contribution in [0.5, 0.6) is 0 Å². The molecule has 3 rings (SSSR count). The van der Waals surface area contributed by atoms with Crippen molar-refractivity contribution < 1.29 is 9.59 Å². The number of fused-ring (bicyclic) bond motifs is 1. The van der Waals surface area contributed by atoms with Crippen molar-refractivity contribution >= 4 is 47.8 Å². The number of halogens is 2. The first-order valence-corrected chi connectivity index (χ1v) is 4.75. The van der Waals surface area contributed by atoms with E-state index in [9.17, 15) is 9.59 Å². The highest BCUT2D eigenvalue weighted by Gasteiger charge is 2.24. The zero-order chi connectivity index (χ0) is 11.1. The van der Waals surface area contributed by atoms with Gasteiger partial charge in [-0.2, -0.15) is 0 Å². The summed E-state index contributed by atoms with van der Waals surface area (Å²) in [5, 5.41) is 2.21. The minimum atomic E-state index is -0.383. The van der Waals surface area contributed by atoms with Gasteiger partial charge < -0.3 is 0 Å². The van der Waals surface area contributed by atoms with Gasteiger partial charge in [-0.05, 0) is 12.1 Å². The SMILES string of the molecule is Cl.Cl.O=C1C=C(c2cnc3ccccn23)C(=O)N1. The number of pyridine rings is 1. The number of rotatable bonds is 1. The molecule has 0 fully saturated rings. The van der Waals surface area contributed by atoms with Gasteiger partial charge in [-0.25, -0.2) is 4.98 Å². The fourth-order valence-corrected chi connectivity index (χ4v) is 1.73. The fourth-order valence-electron chi connectivity index (χ4n) is 1.73. The monoisotopic (exact) mass is 285 g/mol. The van der Waals surface area contributed by atoms with Crippen molar-refractivity contribution in [1.29, 1.82) is 0 Å². The van der Waals surface area contributed by atoms with E-state index in [4.69, 9.17) is 0 Å². The largest absolute Gasteiger partial charge is 0.299 e. The molecule has 0 aliphatic carbocycles. The molecule has 0 atom stereocenters. The zero-order valence-electron chi connectivity index (χ0n) is 8.99. The molecular formula is C11H9Cl2N3O2. The molecule has 94 valence electrons.